The fourth-order valence-electron chi connectivity index (χ4n) is 3.06. The molecule has 1 heterocycles. The lowest BCUT2D eigenvalue weighted by Gasteiger charge is -2.18. The van der Waals surface area contributed by atoms with E-state index in [4.69, 9.17) is 27.9 Å². The first-order chi connectivity index (χ1) is 14.0. The molecule has 2 amide bonds. The number of rotatable bonds is 5. The van der Waals surface area contributed by atoms with Crippen molar-refractivity contribution < 1.29 is 19.1 Å². The molecule has 4 rings (SSSR count). The van der Waals surface area contributed by atoms with Crippen molar-refractivity contribution in [1.82, 2.24) is 0 Å². The average molecular weight is 426 g/mol. The van der Waals surface area contributed by atoms with Gasteiger partial charge in [0, 0.05) is 15.6 Å². The predicted octanol–water partition coefficient (Wildman–Crippen LogP) is 5.06. The van der Waals surface area contributed by atoms with Crippen LogP contribution in [0.2, 0.25) is 10.0 Å². The van der Waals surface area contributed by atoms with E-state index >= 15 is 0 Å². The Labute approximate surface area is 176 Å². The molecule has 0 saturated carbocycles. The van der Waals surface area contributed by atoms with Crippen LogP contribution in [0, 0.1) is 0 Å². The Morgan fingerprint density at radius 3 is 2.03 bits per heavy atom. The molecule has 1 aliphatic rings. The van der Waals surface area contributed by atoms with Crippen molar-refractivity contribution in [2.24, 2.45) is 0 Å². The number of fused-ring (bicyclic) bond motifs is 1. The highest BCUT2D eigenvalue weighted by atomic mass is 35.5. The Kier molecular flexibility index (Phi) is 5.09. The van der Waals surface area contributed by atoms with E-state index < -0.39 is 11.8 Å². The van der Waals surface area contributed by atoms with Gasteiger partial charge in [-0.2, -0.15) is 0 Å². The zero-order chi connectivity index (χ0) is 20.5. The quantitative estimate of drug-likeness (QED) is 0.423. The molecule has 144 valence electrons. The van der Waals surface area contributed by atoms with Crippen LogP contribution in [0.15, 0.2) is 66.7 Å². The number of anilines is 1. The molecule has 3 aromatic rings. The van der Waals surface area contributed by atoms with E-state index in [1.807, 2.05) is 0 Å². The van der Waals surface area contributed by atoms with Crippen LogP contribution in [0.5, 0.6) is 5.75 Å². The summed E-state index contributed by atoms with van der Waals surface area (Å²) in [4.78, 5) is 39.0. The number of imide groups is 1. The maximum Gasteiger partial charge on any atom is 0.266 e. The van der Waals surface area contributed by atoms with Gasteiger partial charge in [-0.05, 0) is 54.6 Å². The second kappa shape index (κ2) is 7.70. The van der Waals surface area contributed by atoms with Crippen molar-refractivity contribution in [2.75, 3.05) is 11.5 Å². The van der Waals surface area contributed by atoms with Crippen LogP contribution in [-0.4, -0.2) is 24.2 Å². The molecule has 0 atom stereocenters. The Bertz CT molecular complexity index is 1110. The Morgan fingerprint density at radius 1 is 0.828 bits per heavy atom. The van der Waals surface area contributed by atoms with Crippen molar-refractivity contribution in [2.45, 2.75) is 0 Å². The zero-order valence-electron chi connectivity index (χ0n) is 14.9. The molecule has 29 heavy (non-hydrogen) atoms. The fourth-order valence-corrected chi connectivity index (χ4v) is 3.35. The van der Waals surface area contributed by atoms with Gasteiger partial charge >= 0.3 is 0 Å². The van der Waals surface area contributed by atoms with Gasteiger partial charge in [0.25, 0.3) is 11.8 Å². The lowest BCUT2D eigenvalue weighted by Crippen LogP contribution is -2.30. The molecule has 0 aromatic heterocycles. The summed E-state index contributed by atoms with van der Waals surface area (Å²) in [6.07, 6.45) is 0. The fraction of sp³-hybridized carbons (Fsp3) is 0.0455. The summed E-state index contributed by atoms with van der Waals surface area (Å²) in [7, 11) is 0. The van der Waals surface area contributed by atoms with E-state index in [0.29, 0.717) is 26.7 Å². The van der Waals surface area contributed by atoms with Gasteiger partial charge in [0.2, 0.25) is 0 Å². The van der Waals surface area contributed by atoms with E-state index in [1.54, 1.807) is 54.6 Å². The minimum Gasteiger partial charge on any atom is -0.483 e. The van der Waals surface area contributed by atoms with Crippen LogP contribution in [0.3, 0.4) is 0 Å². The summed E-state index contributed by atoms with van der Waals surface area (Å²) >= 11 is 11.9. The number of nitrogens with zero attached hydrogens (tertiary/aromatic N) is 1. The van der Waals surface area contributed by atoms with Gasteiger partial charge in [-0.1, -0.05) is 35.3 Å². The Hall–Kier alpha value is -3.15. The van der Waals surface area contributed by atoms with Crippen molar-refractivity contribution in [3.05, 3.63) is 93.5 Å². The van der Waals surface area contributed by atoms with Crippen molar-refractivity contribution in [3.8, 4) is 5.75 Å². The molecule has 0 bridgehead atoms. The second-order valence-corrected chi connectivity index (χ2v) is 7.19. The summed E-state index contributed by atoms with van der Waals surface area (Å²) < 4.78 is 5.66. The van der Waals surface area contributed by atoms with Crippen LogP contribution >= 0.6 is 23.2 Å². The van der Waals surface area contributed by atoms with Crippen LogP contribution in [0.4, 0.5) is 5.69 Å². The molecule has 0 fully saturated rings. The molecule has 0 aliphatic carbocycles. The molecular weight excluding hydrogens is 413 g/mol. The minimum atomic E-state index is -0.471. The number of benzene rings is 3. The third kappa shape index (κ3) is 3.62. The highest BCUT2D eigenvalue weighted by Crippen LogP contribution is 2.36. The molecule has 0 N–H and O–H groups in total. The summed E-state index contributed by atoms with van der Waals surface area (Å²) in [6.45, 7) is -0.278. The van der Waals surface area contributed by atoms with Crippen LogP contribution in [-0.2, 0) is 0 Å². The number of ketones is 1. The van der Waals surface area contributed by atoms with Gasteiger partial charge in [0.1, 0.15) is 5.75 Å². The van der Waals surface area contributed by atoms with Gasteiger partial charge < -0.3 is 4.74 Å². The van der Waals surface area contributed by atoms with E-state index in [9.17, 15) is 14.4 Å². The van der Waals surface area contributed by atoms with E-state index in [1.165, 1.54) is 12.1 Å². The highest BCUT2D eigenvalue weighted by Gasteiger charge is 2.38. The second-order valence-electron chi connectivity index (χ2n) is 6.32. The number of hydrogen-bond acceptors (Lipinski definition) is 4. The third-order valence-electron chi connectivity index (χ3n) is 4.48. The predicted molar refractivity (Wildman–Crippen MR) is 110 cm³/mol. The van der Waals surface area contributed by atoms with Crippen molar-refractivity contribution in [3.63, 3.8) is 0 Å². The monoisotopic (exact) mass is 425 g/mol. The van der Waals surface area contributed by atoms with Gasteiger partial charge in [-0.15, -0.1) is 0 Å². The number of amides is 2. The summed E-state index contributed by atoms with van der Waals surface area (Å²) in [6, 6.07) is 17.5. The third-order valence-corrected chi connectivity index (χ3v) is 4.97. The van der Waals surface area contributed by atoms with Crippen LogP contribution in [0.1, 0.15) is 31.1 Å². The van der Waals surface area contributed by atoms with Gasteiger partial charge in [-0.3, -0.25) is 14.4 Å². The number of hydrogen-bond donors (Lipinski definition) is 0. The first-order valence-corrected chi connectivity index (χ1v) is 9.40. The molecule has 3 aromatic carbocycles. The largest absolute Gasteiger partial charge is 0.483 e. The maximum absolute atomic E-state index is 12.8. The number of carbonyl (C=O) groups is 3. The molecule has 0 radical (unpaired) electrons. The number of Topliss-reactive ketones (excluding diaryl/α,β-unsaturated/α-hetero) is 1. The number of ether oxygens (including phenoxy) is 1. The smallest absolute Gasteiger partial charge is 0.266 e. The lowest BCUT2D eigenvalue weighted by molar-refractivity contribution is 0.0922. The minimum absolute atomic E-state index is 0.188. The SMILES string of the molecule is O=C(COc1ccc(Cl)cc1N1C(=O)c2ccccc2C1=O)c1ccc(Cl)cc1. The standard InChI is InChI=1S/C22H13Cl2NO4/c23-14-7-5-13(6-8-14)19(26)12-29-20-10-9-15(24)11-18(20)25-21(27)16-3-1-2-4-17(16)22(25)28/h1-11H,12H2. The van der Waals surface area contributed by atoms with Crippen molar-refractivity contribution in [1.29, 1.82) is 0 Å². The molecular formula is C22H13Cl2NO4. The molecule has 0 saturated heterocycles. The topological polar surface area (TPSA) is 63.7 Å². The lowest BCUT2D eigenvalue weighted by atomic mass is 10.1. The van der Waals surface area contributed by atoms with Crippen LogP contribution < -0.4 is 9.64 Å². The average Bonchev–Trinajstić information content (AvgIpc) is 2.98. The van der Waals surface area contributed by atoms with Gasteiger partial charge in [0.05, 0.1) is 16.8 Å². The first-order valence-electron chi connectivity index (χ1n) is 8.64. The first kappa shape index (κ1) is 19.2. The van der Waals surface area contributed by atoms with Gasteiger partial charge in [0.15, 0.2) is 12.4 Å². The highest BCUT2D eigenvalue weighted by molar-refractivity contribution is 6.36. The molecule has 1 aliphatic heterocycles. The summed E-state index contributed by atoms with van der Waals surface area (Å²) in [5.74, 6) is -1.01. The Morgan fingerprint density at radius 2 is 1.41 bits per heavy atom. The van der Waals surface area contributed by atoms with E-state index in [-0.39, 0.29) is 23.8 Å². The maximum atomic E-state index is 12.8. The Balaban J connectivity index is 1.62. The van der Waals surface area contributed by atoms with Crippen LogP contribution in [0.25, 0.3) is 0 Å². The van der Waals surface area contributed by atoms with E-state index in [0.717, 1.165) is 4.90 Å². The number of halogens is 2. The molecule has 0 unspecified atom stereocenters. The van der Waals surface area contributed by atoms with Crippen molar-refractivity contribution >= 4 is 46.5 Å². The summed E-state index contributed by atoms with van der Waals surface area (Å²) in [5.41, 5.74) is 1.24. The van der Waals surface area contributed by atoms with Gasteiger partial charge in [-0.25, -0.2) is 4.90 Å². The van der Waals surface area contributed by atoms with E-state index in [2.05, 4.69) is 0 Å². The normalized spacial score (nSPS) is 12.8. The number of carbonyl (C=O) groups excluding carboxylic acids is 3. The zero-order valence-corrected chi connectivity index (χ0v) is 16.4. The molecule has 7 heteroatoms. The summed E-state index contributed by atoms with van der Waals surface area (Å²) in [5, 5.41) is 0.848. The molecule has 0 spiro atoms. The molecule has 5 nitrogen and oxygen atoms in total.